The summed E-state index contributed by atoms with van der Waals surface area (Å²) in [6, 6.07) is 0. The first kappa shape index (κ1) is 16.7. The van der Waals surface area contributed by atoms with Crippen LogP contribution in [-0.2, 0) is 19.1 Å². The summed E-state index contributed by atoms with van der Waals surface area (Å²) in [5.74, 6) is -1.52. The Morgan fingerprint density at radius 3 is 2.91 bits per heavy atom. The van der Waals surface area contributed by atoms with Gasteiger partial charge in [-0.3, -0.25) is 9.69 Å². The van der Waals surface area contributed by atoms with Crippen molar-refractivity contribution in [2.24, 2.45) is 4.99 Å². The van der Waals surface area contributed by atoms with Crippen LogP contribution in [-0.4, -0.2) is 58.6 Å². The van der Waals surface area contributed by atoms with Gasteiger partial charge < -0.3 is 14.5 Å². The van der Waals surface area contributed by atoms with E-state index in [2.05, 4.69) is 19.7 Å². The molecule has 0 atom stereocenters. The molecule has 1 fully saturated rings. The first-order valence-electron chi connectivity index (χ1n) is 6.52. The fourth-order valence-electron chi connectivity index (χ4n) is 1.63. The average molecular weight is 338 g/mol. The number of imidazole rings is 1. The molecule has 0 radical (unpaired) electrons. The predicted octanol–water partition coefficient (Wildman–Crippen LogP) is 0.836. The molecule has 122 valence electrons. The second kappa shape index (κ2) is 7.09. The number of carbonyl (C=O) groups excluding carboxylic acids is 3. The number of esters is 2. The summed E-state index contributed by atoms with van der Waals surface area (Å²) in [6.07, 6.45) is 2.39. The monoisotopic (exact) mass is 338 g/mol. The number of aliphatic imine (C=N–C) groups is 1. The molecule has 1 aliphatic rings. The molecule has 1 aromatic heterocycles. The van der Waals surface area contributed by atoms with E-state index in [9.17, 15) is 14.4 Å². The Labute approximate surface area is 135 Å². The van der Waals surface area contributed by atoms with Crippen LogP contribution in [0.2, 0.25) is 0 Å². The van der Waals surface area contributed by atoms with E-state index in [-0.39, 0.29) is 28.2 Å². The van der Waals surface area contributed by atoms with Crippen LogP contribution in [0.1, 0.15) is 17.4 Å². The summed E-state index contributed by atoms with van der Waals surface area (Å²) in [5, 5.41) is 0.280. The minimum Gasteiger partial charge on any atom is -0.466 e. The van der Waals surface area contributed by atoms with Gasteiger partial charge in [-0.05, 0) is 18.7 Å². The van der Waals surface area contributed by atoms with E-state index < -0.39 is 17.8 Å². The van der Waals surface area contributed by atoms with E-state index in [1.165, 1.54) is 25.4 Å². The lowest BCUT2D eigenvalue weighted by molar-refractivity contribution is -0.135. The third kappa shape index (κ3) is 3.59. The van der Waals surface area contributed by atoms with Gasteiger partial charge in [0.15, 0.2) is 16.7 Å². The molecule has 0 aromatic carbocycles. The summed E-state index contributed by atoms with van der Waals surface area (Å²) in [5.41, 5.74) is 0.0891. The van der Waals surface area contributed by atoms with Gasteiger partial charge in [-0.2, -0.15) is 0 Å². The van der Waals surface area contributed by atoms with Gasteiger partial charge in [0.25, 0.3) is 5.91 Å². The molecule has 9 nitrogen and oxygen atoms in total. The van der Waals surface area contributed by atoms with Crippen molar-refractivity contribution in [2.75, 3.05) is 20.8 Å². The average Bonchev–Trinajstić information content (AvgIpc) is 3.09. The van der Waals surface area contributed by atoms with E-state index >= 15 is 0 Å². The smallest absolute Gasteiger partial charge is 0.358 e. The van der Waals surface area contributed by atoms with Gasteiger partial charge in [0.2, 0.25) is 0 Å². The van der Waals surface area contributed by atoms with Crippen LogP contribution in [0.3, 0.4) is 0 Å². The quantitative estimate of drug-likeness (QED) is 0.639. The number of amidine groups is 1. The number of amides is 1. The van der Waals surface area contributed by atoms with Crippen LogP contribution < -0.4 is 0 Å². The first-order valence-corrected chi connectivity index (χ1v) is 7.34. The third-order valence-corrected chi connectivity index (χ3v) is 3.81. The zero-order valence-electron chi connectivity index (χ0n) is 12.7. The minimum absolute atomic E-state index is 0.0891. The van der Waals surface area contributed by atoms with Crippen molar-refractivity contribution in [3.63, 3.8) is 0 Å². The number of hydrogen-bond donors (Lipinski definition) is 1. The van der Waals surface area contributed by atoms with Crippen molar-refractivity contribution >= 4 is 40.6 Å². The third-order valence-electron chi connectivity index (χ3n) is 2.75. The molecule has 0 unspecified atom stereocenters. The SMILES string of the molecule is CCOC(=O)c1[nH]cnc1/N=C1\S/C(=C/C(=O)OC)C(=O)N1C. The Morgan fingerprint density at radius 2 is 2.26 bits per heavy atom. The summed E-state index contributed by atoms with van der Waals surface area (Å²) in [7, 11) is 2.72. The molecule has 1 N–H and O–H groups in total. The number of methoxy groups -OCH3 is 1. The molecule has 10 heteroatoms. The van der Waals surface area contributed by atoms with Gasteiger partial charge in [0.05, 0.1) is 24.9 Å². The van der Waals surface area contributed by atoms with E-state index in [0.29, 0.717) is 0 Å². The van der Waals surface area contributed by atoms with E-state index in [1.807, 2.05) is 0 Å². The molecule has 0 aliphatic carbocycles. The van der Waals surface area contributed by atoms with Crippen molar-refractivity contribution in [2.45, 2.75) is 6.92 Å². The van der Waals surface area contributed by atoms with Gasteiger partial charge in [-0.15, -0.1) is 0 Å². The fourth-order valence-corrected chi connectivity index (χ4v) is 2.56. The zero-order valence-corrected chi connectivity index (χ0v) is 13.5. The molecule has 0 spiro atoms. The maximum absolute atomic E-state index is 12.0. The Hall–Kier alpha value is -2.62. The lowest BCUT2D eigenvalue weighted by Gasteiger charge is -2.06. The van der Waals surface area contributed by atoms with Crippen LogP contribution >= 0.6 is 11.8 Å². The summed E-state index contributed by atoms with van der Waals surface area (Å²) in [4.78, 5) is 47.3. The Kier molecular flexibility index (Phi) is 5.16. The number of hydrogen-bond acceptors (Lipinski definition) is 8. The molecular weight excluding hydrogens is 324 g/mol. The minimum atomic E-state index is -0.637. The number of rotatable bonds is 4. The molecule has 23 heavy (non-hydrogen) atoms. The number of likely N-dealkylation sites (N-methyl/N-ethyl adjacent to an activating group) is 1. The normalized spacial score (nSPS) is 17.9. The fraction of sp³-hybridized carbons (Fsp3) is 0.308. The molecular formula is C13H14N4O5S. The van der Waals surface area contributed by atoms with Crippen LogP contribution in [0, 0.1) is 0 Å². The molecule has 0 bridgehead atoms. The number of ether oxygens (including phenoxy) is 2. The molecule has 1 aliphatic heterocycles. The molecule has 2 rings (SSSR count). The number of nitrogens with zero attached hydrogens (tertiary/aromatic N) is 3. The van der Waals surface area contributed by atoms with Gasteiger partial charge in [0.1, 0.15) is 0 Å². The Balaban J connectivity index is 2.29. The first-order chi connectivity index (χ1) is 11.0. The van der Waals surface area contributed by atoms with E-state index in [1.54, 1.807) is 6.92 Å². The number of aromatic nitrogens is 2. The number of nitrogens with one attached hydrogen (secondary N) is 1. The van der Waals surface area contributed by atoms with Crippen molar-refractivity contribution in [1.82, 2.24) is 14.9 Å². The summed E-state index contributed by atoms with van der Waals surface area (Å²) < 4.78 is 9.38. The predicted molar refractivity (Wildman–Crippen MR) is 82.1 cm³/mol. The molecule has 2 heterocycles. The van der Waals surface area contributed by atoms with Crippen molar-refractivity contribution in [1.29, 1.82) is 0 Å². The Bertz CT molecular complexity index is 709. The van der Waals surface area contributed by atoms with Crippen molar-refractivity contribution in [3.05, 3.63) is 23.0 Å². The highest BCUT2D eigenvalue weighted by molar-refractivity contribution is 8.18. The highest BCUT2D eigenvalue weighted by atomic mass is 32.2. The standard InChI is InChI=1S/C13H14N4O5S/c1-4-22-12(20)9-10(15-6-14-9)16-13-17(2)11(19)7(23-13)5-8(18)21-3/h5-6H,4H2,1-3H3,(H,14,15)/b7-5+,16-13-. The Morgan fingerprint density at radius 1 is 1.52 bits per heavy atom. The largest absolute Gasteiger partial charge is 0.466 e. The number of carbonyl (C=O) groups is 3. The number of thioether (sulfide) groups is 1. The number of H-pyrrole nitrogens is 1. The number of aromatic amines is 1. The maximum Gasteiger partial charge on any atom is 0.358 e. The van der Waals surface area contributed by atoms with Gasteiger partial charge in [-0.25, -0.2) is 19.6 Å². The molecule has 1 aromatic rings. The summed E-state index contributed by atoms with van der Waals surface area (Å²) >= 11 is 0.983. The lowest BCUT2D eigenvalue weighted by atomic mass is 10.4. The van der Waals surface area contributed by atoms with E-state index in [4.69, 9.17) is 4.74 Å². The van der Waals surface area contributed by atoms with Crippen LogP contribution in [0.4, 0.5) is 5.82 Å². The van der Waals surface area contributed by atoms with Crippen LogP contribution in [0.15, 0.2) is 22.3 Å². The van der Waals surface area contributed by atoms with Gasteiger partial charge in [-0.1, -0.05) is 0 Å². The topological polar surface area (TPSA) is 114 Å². The second-order valence-corrected chi connectivity index (χ2v) is 5.22. The van der Waals surface area contributed by atoms with E-state index in [0.717, 1.165) is 17.8 Å². The highest BCUT2D eigenvalue weighted by Crippen LogP contribution is 2.31. The van der Waals surface area contributed by atoms with Crippen LogP contribution in [0.25, 0.3) is 0 Å². The van der Waals surface area contributed by atoms with Crippen molar-refractivity contribution in [3.8, 4) is 0 Å². The highest BCUT2D eigenvalue weighted by Gasteiger charge is 2.32. The maximum atomic E-state index is 12.0. The van der Waals surface area contributed by atoms with Crippen LogP contribution in [0.5, 0.6) is 0 Å². The lowest BCUT2D eigenvalue weighted by Crippen LogP contribution is -2.24. The van der Waals surface area contributed by atoms with Gasteiger partial charge in [0, 0.05) is 13.1 Å². The zero-order chi connectivity index (χ0) is 17.0. The van der Waals surface area contributed by atoms with Gasteiger partial charge >= 0.3 is 11.9 Å². The van der Waals surface area contributed by atoms with Crippen molar-refractivity contribution < 1.29 is 23.9 Å². The molecule has 1 saturated heterocycles. The summed E-state index contributed by atoms with van der Waals surface area (Å²) in [6.45, 7) is 1.90. The molecule has 0 saturated carbocycles. The molecule has 1 amide bonds. The second-order valence-electron chi connectivity index (χ2n) is 4.21.